The lowest BCUT2D eigenvalue weighted by atomic mass is 9.71. The smallest absolute Gasteiger partial charge is 0.384 e. The van der Waals surface area contributed by atoms with Gasteiger partial charge in [-0.1, -0.05) is 0 Å². The van der Waals surface area contributed by atoms with E-state index >= 15 is 0 Å². The molecule has 1 aliphatic rings. The molecule has 0 aliphatic heterocycles. The summed E-state index contributed by atoms with van der Waals surface area (Å²) in [6.45, 7) is 0.138. The fourth-order valence-electron chi connectivity index (χ4n) is 1.79. The first kappa shape index (κ1) is 19.5. The van der Waals surface area contributed by atoms with Crippen LogP contribution in [0.15, 0.2) is 11.6 Å². The van der Waals surface area contributed by atoms with Gasteiger partial charge in [0.2, 0.25) is 0 Å². The lowest BCUT2D eigenvalue weighted by Crippen LogP contribution is -2.83. The Hall–Kier alpha value is -1.56. The number of aliphatic carboxylic acids is 1. The summed E-state index contributed by atoms with van der Waals surface area (Å²) < 4.78 is 145. The molecule has 0 aromatic heterocycles. The SMILES string of the molecule is CC(=CC1(F)C(F)(F)C(F)(F)C(F)(F)C(F)(F)C1(F)F)C(=O)O. The number of hydrogen-bond donors (Lipinski definition) is 1. The average molecular weight is 366 g/mol. The Bertz CT molecular complexity index is 533. The molecule has 0 amide bonds. The van der Waals surface area contributed by atoms with E-state index in [0.717, 1.165) is 0 Å². The minimum Gasteiger partial charge on any atom is -0.478 e. The number of allylic oxidation sites excluding steroid dienone is 1. The number of carbonyl (C=O) groups is 1. The van der Waals surface area contributed by atoms with Gasteiger partial charge in [0, 0.05) is 5.57 Å². The molecule has 0 aromatic rings. The predicted octanol–water partition coefficient (Wildman–Crippen LogP) is 3.92. The molecule has 0 bridgehead atoms. The third-order valence-electron chi connectivity index (χ3n) is 3.24. The molecule has 134 valence electrons. The highest BCUT2D eigenvalue weighted by molar-refractivity contribution is 5.86. The third-order valence-corrected chi connectivity index (χ3v) is 3.24. The maximum Gasteiger partial charge on any atom is 0.384 e. The molecule has 1 fully saturated rings. The molecule has 0 saturated heterocycles. The second-order valence-corrected chi connectivity index (χ2v) is 4.72. The highest BCUT2D eigenvalue weighted by atomic mass is 19.4. The van der Waals surface area contributed by atoms with Crippen LogP contribution in [0.25, 0.3) is 0 Å². The van der Waals surface area contributed by atoms with Crippen LogP contribution in [-0.4, -0.2) is 46.4 Å². The van der Waals surface area contributed by atoms with E-state index in [9.17, 15) is 53.1 Å². The van der Waals surface area contributed by atoms with Crippen LogP contribution in [0.1, 0.15) is 6.92 Å². The second-order valence-electron chi connectivity index (χ2n) is 4.72. The Balaban J connectivity index is 3.90. The summed E-state index contributed by atoms with van der Waals surface area (Å²) in [5, 5.41) is 8.28. The van der Waals surface area contributed by atoms with Crippen LogP contribution in [0.3, 0.4) is 0 Å². The molecule has 1 saturated carbocycles. The zero-order valence-corrected chi connectivity index (χ0v) is 10.6. The molecule has 0 atom stereocenters. The van der Waals surface area contributed by atoms with Crippen LogP contribution in [0.4, 0.5) is 48.3 Å². The van der Waals surface area contributed by atoms with Crippen LogP contribution < -0.4 is 0 Å². The number of rotatable bonds is 2. The van der Waals surface area contributed by atoms with Crippen LogP contribution >= 0.6 is 0 Å². The molecule has 1 N–H and O–H groups in total. The van der Waals surface area contributed by atoms with Gasteiger partial charge >= 0.3 is 35.6 Å². The molecule has 0 unspecified atom stereocenters. The van der Waals surface area contributed by atoms with Gasteiger partial charge in [-0.2, -0.15) is 43.9 Å². The summed E-state index contributed by atoms with van der Waals surface area (Å²) in [6, 6.07) is 0. The molecule has 0 heterocycles. The van der Waals surface area contributed by atoms with Crippen molar-refractivity contribution in [3.8, 4) is 0 Å². The summed E-state index contributed by atoms with van der Waals surface area (Å²) in [7, 11) is 0. The minimum atomic E-state index is -7.31. The molecule has 1 aliphatic carbocycles. The number of alkyl halides is 11. The van der Waals surface area contributed by atoms with Crippen LogP contribution in [0, 0.1) is 0 Å². The molecular formula is C10H5F11O2. The molecule has 2 nitrogen and oxygen atoms in total. The third kappa shape index (κ3) is 1.84. The highest BCUT2D eigenvalue weighted by Gasteiger charge is 3.00. The van der Waals surface area contributed by atoms with E-state index in [1.54, 1.807) is 0 Å². The predicted molar refractivity (Wildman–Crippen MR) is 50.0 cm³/mol. The Morgan fingerprint density at radius 3 is 1.22 bits per heavy atom. The molecule has 23 heavy (non-hydrogen) atoms. The molecule has 0 spiro atoms. The maximum absolute atomic E-state index is 13.9. The van der Waals surface area contributed by atoms with E-state index < -0.39 is 52.9 Å². The van der Waals surface area contributed by atoms with E-state index in [1.165, 1.54) is 0 Å². The van der Waals surface area contributed by atoms with Crippen molar-refractivity contribution in [3.05, 3.63) is 11.6 Å². The van der Waals surface area contributed by atoms with Gasteiger partial charge in [-0.05, 0) is 13.0 Å². The van der Waals surface area contributed by atoms with Gasteiger partial charge in [-0.3, -0.25) is 0 Å². The van der Waals surface area contributed by atoms with Crippen molar-refractivity contribution in [3.63, 3.8) is 0 Å². The van der Waals surface area contributed by atoms with Crippen molar-refractivity contribution < 1.29 is 58.2 Å². The summed E-state index contributed by atoms with van der Waals surface area (Å²) in [5.74, 6) is -38.3. The van der Waals surface area contributed by atoms with Gasteiger partial charge < -0.3 is 5.11 Å². The molecule has 13 heteroatoms. The number of carboxylic acids is 1. The van der Waals surface area contributed by atoms with Gasteiger partial charge in [0.1, 0.15) is 0 Å². The van der Waals surface area contributed by atoms with Gasteiger partial charge in [-0.15, -0.1) is 0 Å². The Morgan fingerprint density at radius 1 is 0.696 bits per heavy atom. The quantitative estimate of drug-likeness (QED) is 0.594. The zero-order chi connectivity index (χ0) is 18.9. The van der Waals surface area contributed by atoms with Crippen molar-refractivity contribution in [2.45, 2.75) is 42.2 Å². The standard InChI is InChI=1S/C10H5F11O2/c1-3(4(22)23)2-5(11)6(12,13)8(16,17)10(20,21)9(18,19)7(5,14)15/h2H,1H3,(H,22,23). The van der Waals surface area contributed by atoms with Crippen LogP contribution in [-0.2, 0) is 4.79 Å². The van der Waals surface area contributed by atoms with E-state index in [-0.39, 0.29) is 6.92 Å². The fraction of sp³-hybridized carbons (Fsp3) is 0.700. The van der Waals surface area contributed by atoms with E-state index in [2.05, 4.69) is 0 Å². The van der Waals surface area contributed by atoms with Crippen molar-refractivity contribution in [1.29, 1.82) is 0 Å². The normalized spacial score (nSPS) is 29.8. The minimum absolute atomic E-state index is 0.138. The van der Waals surface area contributed by atoms with Crippen molar-refractivity contribution in [2.75, 3.05) is 0 Å². The highest BCUT2D eigenvalue weighted by Crippen LogP contribution is 2.69. The van der Waals surface area contributed by atoms with Crippen molar-refractivity contribution in [2.24, 2.45) is 0 Å². The molecular weight excluding hydrogens is 361 g/mol. The average Bonchev–Trinajstić information content (AvgIpc) is 2.35. The first-order chi connectivity index (χ1) is 9.83. The monoisotopic (exact) mass is 366 g/mol. The van der Waals surface area contributed by atoms with Gasteiger partial charge in [0.05, 0.1) is 0 Å². The Kier molecular flexibility index (Phi) is 3.81. The van der Waals surface area contributed by atoms with Crippen molar-refractivity contribution in [1.82, 2.24) is 0 Å². The molecule has 0 radical (unpaired) electrons. The van der Waals surface area contributed by atoms with Gasteiger partial charge in [-0.25, -0.2) is 9.18 Å². The Morgan fingerprint density at radius 2 is 0.957 bits per heavy atom. The van der Waals surface area contributed by atoms with Crippen LogP contribution in [0.2, 0.25) is 0 Å². The molecule has 0 aromatic carbocycles. The largest absolute Gasteiger partial charge is 0.478 e. The summed E-state index contributed by atoms with van der Waals surface area (Å²) in [5.41, 5.74) is -8.19. The number of carboxylic acid groups (broad SMARTS) is 1. The number of hydrogen-bond acceptors (Lipinski definition) is 1. The number of halogens is 11. The van der Waals surface area contributed by atoms with Crippen molar-refractivity contribution >= 4 is 5.97 Å². The zero-order valence-electron chi connectivity index (χ0n) is 10.6. The van der Waals surface area contributed by atoms with Gasteiger partial charge in [0.25, 0.3) is 5.67 Å². The van der Waals surface area contributed by atoms with E-state index in [0.29, 0.717) is 0 Å². The van der Waals surface area contributed by atoms with E-state index in [1.807, 2.05) is 0 Å². The maximum atomic E-state index is 13.9. The van der Waals surface area contributed by atoms with Crippen LogP contribution in [0.5, 0.6) is 0 Å². The first-order valence-electron chi connectivity index (χ1n) is 5.33. The topological polar surface area (TPSA) is 37.3 Å². The summed E-state index contributed by atoms with van der Waals surface area (Å²) in [4.78, 5) is 10.3. The first-order valence-corrected chi connectivity index (χ1v) is 5.33. The fourth-order valence-corrected chi connectivity index (χ4v) is 1.79. The lowest BCUT2D eigenvalue weighted by molar-refractivity contribution is -0.477. The van der Waals surface area contributed by atoms with E-state index in [4.69, 9.17) is 5.11 Å². The summed E-state index contributed by atoms with van der Waals surface area (Å²) in [6.07, 6.45) is -1.42. The Labute approximate surface area is 119 Å². The van der Waals surface area contributed by atoms with Gasteiger partial charge in [0.15, 0.2) is 0 Å². The lowest BCUT2D eigenvalue weighted by Gasteiger charge is -2.51. The molecule has 1 rings (SSSR count). The summed E-state index contributed by atoms with van der Waals surface area (Å²) >= 11 is 0. The second kappa shape index (κ2) is 4.50.